The standard InChI is InChI=1S/C25H24N4O4/c1-18(29-17-26-22-9-5-6-10-23(22)29)25(31)28-27-24(30)16-33-21-13-11-20(12-14-21)32-15-19-7-3-2-4-8-19/h2-14,17-18H,15-16H2,1H3,(H,27,30)(H,28,31). The summed E-state index contributed by atoms with van der Waals surface area (Å²) in [4.78, 5) is 28.8. The van der Waals surface area contributed by atoms with Gasteiger partial charge >= 0.3 is 0 Å². The molecule has 0 bridgehead atoms. The Kier molecular flexibility index (Phi) is 6.84. The number of nitrogens with zero attached hydrogens (tertiary/aromatic N) is 2. The van der Waals surface area contributed by atoms with E-state index in [9.17, 15) is 9.59 Å². The average molecular weight is 444 g/mol. The molecular formula is C25H24N4O4. The van der Waals surface area contributed by atoms with Gasteiger partial charge in [0.25, 0.3) is 11.8 Å². The van der Waals surface area contributed by atoms with Crippen molar-refractivity contribution in [3.8, 4) is 11.5 Å². The van der Waals surface area contributed by atoms with E-state index in [4.69, 9.17) is 9.47 Å². The van der Waals surface area contributed by atoms with E-state index < -0.39 is 11.9 Å². The fraction of sp³-hybridized carbons (Fsp3) is 0.160. The number of hydrazine groups is 1. The van der Waals surface area contributed by atoms with E-state index in [1.807, 2.05) is 54.6 Å². The van der Waals surface area contributed by atoms with Crippen molar-refractivity contribution in [3.05, 3.63) is 90.8 Å². The highest BCUT2D eigenvalue weighted by atomic mass is 16.5. The molecule has 0 radical (unpaired) electrons. The quantitative estimate of drug-likeness (QED) is 0.406. The number of carbonyl (C=O) groups is 2. The van der Waals surface area contributed by atoms with Crippen molar-refractivity contribution in [2.24, 2.45) is 0 Å². The smallest absolute Gasteiger partial charge is 0.276 e. The minimum atomic E-state index is -0.554. The molecule has 3 aromatic carbocycles. The summed E-state index contributed by atoms with van der Waals surface area (Å²) in [5.41, 5.74) is 7.51. The van der Waals surface area contributed by atoms with E-state index in [0.717, 1.165) is 16.6 Å². The van der Waals surface area contributed by atoms with Crippen LogP contribution in [0.1, 0.15) is 18.5 Å². The lowest BCUT2D eigenvalue weighted by Gasteiger charge is -2.15. The Balaban J connectivity index is 1.21. The van der Waals surface area contributed by atoms with Crippen LogP contribution in [0.4, 0.5) is 0 Å². The number of rotatable bonds is 8. The zero-order valence-corrected chi connectivity index (χ0v) is 18.1. The van der Waals surface area contributed by atoms with Gasteiger partial charge in [0, 0.05) is 0 Å². The van der Waals surface area contributed by atoms with Gasteiger partial charge in [-0.3, -0.25) is 20.4 Å². The first-order valence-electron chi connectivity index (χ1n) is 10.5. The van der Waals surface area contributed by atoms with E-state index in [2.05, 4.69) is 15.8 Å². The third-order valence-corrected chi connectivity index (χ3v) is 5.04. The summed E-state index contributed by atoms with van der Waals surface area (Å²) < 4.78 is 12.9. The minimum Gasteiger partial charge on any atom is -0.489 e. The van der Waals surface area contributed by atoms with Crippen LogP contribution in [0.15, 0.2) is 85.2 Å². The Bertz CT molecular complexity index is 1220. The van der Waals surface area contributed by atoms with E-state index in [-0.39, 0.29) is 12.5 Å². The summed E-state index contributed by atoms with van der Waals surface area (Å²) in [6.45, 7) is 1.96. The molecular weight excluding hydrogens is 420 g/mol. The summed E-state index contributed by atoms with van der Waals surface area (Å²) in [5.74, 6) is 0.368. The molecule has 0 saturated heterocycles. The SMILES string of the molecule is CC(C(=O)NNC(=O)COc1ccc(OCc2ccccc2)cc1)n1cnc2ccccc21. The summed E-state index contributed by atoms with van der Waals surface area (Å²) >= 11 is 0. The van der Waals surface area contributed by atoms with Crippen LogP contribution in [0, 0.1) is 0 Å². The molecule has 33 heavy (non-hydrogen) atoms. The van der Waals surface area contributed by atoms with Crippen LogP contribution >= 0.6 is 0 Å². The molecule has 0 saturated carbocycles. The summed E-state index contributed by atoms with van der Waals surface area (Å²) in [7, 11) is 0. The zero-order valence-electron chi connectivity index (χ0n) is 18.1. The predicted octanol–water partition coefficient (Wildman–Crippen LogP) is 3.40. The van der Waals surface area contributed by atoms with Gasteiger partial charge in [-0.15, -0.1) is 0 Å². The number of nitrogens with one attached hydrogen (secondary N) is 2. The number of hydrogen-bond donors (Lipinski definition) is 2. The Morgan fingerprint density at radius 2 is 1.55 bits per heavy atom. The molecule has 168 valence electrons. The number of carbonyl (C=O) groups excluding carboxylic acids is 2. The van der Waals surface area contributed by atoms with Crippen LogP contribution in [0.5, 0.6) is 11.5 Å². The lowest BCUT2D eigenvalue weighted by atomic mass is 10.2. The van der Waals surface area contributed by atoms with Gasteiger partial charge in [-0.25, -0.2) is 4.98 Å². The number of para-hydroxylation sites is 2. The predicted molar refractivity (Wildman–Crippen MR) is 123 cm³/mol. The van der Waals surface area contributed by atoms with Crippen molar-refractivity contribution >= 4 is 22.8 Å². The number of amides is 2. The topological polar surface area (TPSA) is 94.5 Å². The molecule has 4 aromatic rings. The summed E-state index contributed by atoms with van der Waals surface area (Å²) in [5, 5.41) is 0. The van der Waals surface area contributed by atoms with E-state index in [1.54, 1.807) is 42.1 Å². The van der Waals surface area contributed by atoms with Crippen LogP contribution in [0.25, 0.3) is 11.0 Å². The lowest BCUT2D eigenvalue weighted by Crippen LogP contribution is -2.46. The number of fused-ring (bicyclic) bond motifs is 1. The van der Waals surface area contributed by atoms with Gasteiger partial charge in [0.2, 0.25) is 0 Å². The molecule has 1 aromatic heterocycles. The van der Waals surface area contributed by atoms with Gasteiger partial charge in [0.15, 0.2) is 6.61 Å². The maximum absolute atomic E-state index is 12.4. The van der Waals surface area contributed by atoms with Crippen molar-refractivity contribution in [2.75, 3.05) is 6.61 Å². The van der Waals surface area contributed by atoms with Crippen LogP contribution in [0.3, 0.4) is 0 Å². The largest absolute Gasteiger partial charge is 0.489 e. The van der Waals surface area contributed by atoms with Crippen molar-refractivity contribution < 1.29 is 19.1 Å². The molecule has 2 amide bonds. The molecule has 8 heteroatoms. The highest BCUT2D eigenvalue weighted by Crippen LogP contribution is 2.19. The fourth-order valence-electron chi connectivity index (χ4n) is 3.21. The average Bonchev–Trinajstić information content (AvgIpc) is 3.29. The lowest BCUT2D eigenvalue weighted by molar-refractivity contribution is -0.131. The van der Waals surface area contributed by atoms with Gasteiger partial charge in [-0.05, 0) is 48.9 Å². The Hall–Kier alpha value is -4.33. The first-order chi connectivity index (χ1) is 16.1. The monoisotopic (exact) mass is 444 g/mol. The van der Waals surface area contributed by atoms with E-state index >= 15 is 0 Å². The molecule has 4 rings (SSSR count). The number of aromatic nitrogens is 2. The molecule has 0 aliphatic rings. The molecule has 0 fully saturated rings. The van der Waals surface area contributed by atoms with Gasteiger partial charge in [0.1, 0.15) is 24.1 Å². The minimum absolute atomic E-state index is 0.243. The maximum atomic E-state index is 12.4. The molecule has 1 heterocycles. The second-order valence-corrected chi connectivity index (χ2v) is 7.39. The first kappa shape index (κ1) is 21.9. The normalized spacial score (nSPS) is 11.5. The van der Waals surface area contributed by atoms with Crippen molar-refractivity contribution in [2.45, 2.75) is 19.6 Å². The third-order valence-electron chi connectivity index (χ3n) is 5.04. The molecule has 8 nitrogen and oxygen atoms in total. The molecule has 0 aliphatic carbocycles. The summed E-state index contributed by atoms with van der Waals surface area (Å²) in [6.07, 6.45) is 1.60. The van der Waals surface area contributed by atoms with Gasteiger partial charge in [-0.2, -0.15) is 0 Å². The van der Waals surface area contributed by atoms with Gasteiger partial charge < -0.3 is 14.0 Å². The highest BCUT2D eigenvalue weighted by molar-refractivity contribution is 5.86. The van der Waals surface area contributed by atoms with Crippen LogP contribution < -0.4 is 20.3 Å². The van der Waals surface area contributed by atoms with Crippen LogP contribution in [-0.2, 0) is 16.2 Å². The molecule has 2 N–H and O–H groups in total. The zero-order chi connectivity index (χ0) is 23.0. The fourth-order valence-corrected chi connectivity index (χ4v) is 3.21. The second-order valence-electron chi connectivity index (χ2n) is 7.39. The number of ether oxygens (including phenoxy) is 2. The van der Waals surface area contributed by atoms with Gasteiger partial charge in [0.05, 0.1) is 17.4 Å². The highest BCUT2D eigenvalue weighted by Gasteiger charge is 2.17. The second kappa shape index (κ2) is 10.3. The van der Waals surface area contributed by atoms with Crippen molar-refractivity contribution in [1.29, 1.82) is 0 Å². The Morgan fingerprint density at radius 1 is 0.879 bits per heavy atom. The van der Waals surface area contributed by atoms with Crippen LogP contribution in [-0.4, -0.2) is 28.0 Å². The number of benzene rings is 3. The molecule has 0 spiro atoms. The maximum Gasteiger partial charge on any atom is 0.276 e. The third kappa shape index (κ3) is 5.68. The molecule has 1 atom stereocenters. The first-order valence-corrected chi connectivity index (χ1v) is 10.5. The van der Waals surface area contributed by atoms with Crippen molar-refractivity contribution in [3.63, 3.8) is 0 Å². The molecule has 1 unspecified atom stereocenters. The van der Waals surface area contributed by atoms with Crippen molar-refractivity contribution in [1.82, 2.24) is 20.4 Å². The van der Waals surface area contributed by atoms with Crippen LogP contribution in [0.2, 0.25) is 0 Å². The summed E-state index contributed by atoms with van der Waals surface area (Å²) in [6, 6.07) is 23.8. The Labute approximate surface area is 191 Å². The van der Waals surface area contributed by atoms with Gasteiger partial charge in [-0.1, -0.05) is 42.5 Å². The van der Waals surface area contributed by atoms with E-state index in [1.165, 1.54) is 0 Å². The Morgan fingerprint density at radius 3 is 2.30 bits per heavy atom. The number of imidazole rings is 1. The number of hydrogen-bond acceptors (Lipinski definition) is 5. The molecule has 0 aliphatic heterocycles. The van der Waals surface area contributed by atoms with E-state index in [0.29, 0.717) is 18.1 Å².